The summed E-state index contributed by atoms with van der Waals surface area (Å²) in [6.45, 7) is 9.75. The number of hydrogen-bond donors (Lipinski definition) is 0. The molecule has 0 spiro atoms. The van der Waals surface area contributed by atoms with Crippen LogP contribution in [0, 0.1) is 19.3 Å². The fourth-order valence-electron chi connectivity index (χ4n) is 1.43. The molecule has 0 amide bonds. The first-order chi connectivity index (χ1) is 6.98. The first-order valence-corrected chi connectivity index (χ1v) is 6.20. The fourth-order valence-corrected chi connectivity index (χ4v) is 3.17. The number of nitrogens with zero attached hydrogens (tertiary/aromatic N) is 2. The van der Waals surface area contributed by atoms with E-state index < -0.39 is 8.53 Å². The van der Waals surface area contributed by atoms with Crippen LogP contribution in [0.3, 0.4) is 0 Å². The Bertz CT molecular complexity index is 352. The zero-order valence-corrected chi connectivity index (χ0v) is 10.5. The maximum Gasteiger partial charge on any atom is 0.311 e. The van der Waals surface area contributed by atoms with Crippen LogP contribution >= 0.6 is 8.53 Å². The van der Waals surface area contributed by atoms with Gasteiger partial charge in [-0.3, -0.25) is 0 Å². The summed E-state index contributed by atoms with van der Waals surface area (Å²) in [6, 6.07) is 2.04. The van der Waals surface area contributed by atoms with Gasteiger partial charge in [-0.2, -0.15) is 9.55 Å². The van der Waals surface area contributed by atoms with Gasteiger partial charge in [0.2, 0.25) is 0 Å². The topological polar surface area (TPSA) is 36.3 Å². The largest absolute Gasteiger partial charge is 0.316 e. The van der Waals surface area contributed by atoms with Crippen molar-refractivity contribution in [3.8, 4) is 0 Å². The lowest BCUT2D eigenvalue weighted by Crippen LogP contribution is -2.29. The van der Waals surface area contributed by atoms with E-state index in [0.717, 1.165) is 24.6 Å². The summed E-state index contributed by atoms with van der Waals surface area (Å²) in [5.41, 5.74) is 2.22. The van der Waals surface area contributed by atoms with Crippen molar-refractivity contribution in [2.75, 3.05) is 13.2 Å². The Balaban J connectivity index is 2.11. The molecule has 0 saturated carbocycles. The van der Waals surface area contributed by atoms with E-state index in [1.54, 1.807) is 0 Å². The van der Waals surface area contributed by atoms with Gasteiger partial charge in [0.15, 0.2) is 0 Å². The molecule has 0 aliphatic carbocycles. The first kappa shape index (κ1) is 11.1. The lowest BCUT2D eigenvalue weighted by Gasteiger charge is -2.33. The molecule has 2 heterocycles. The molecule has 1 aliphatic rings. The Morgan fingerprint density at radius 1 is 1.33 bits per heavy atom. The second kappa shape index (κ2) is 3.85. The van der Waals surface area contributed by atoms with Gasteiger partial charge in [0.1, 0.15) is 0 Å². The average molecular weight is 228 g/mol. The molecule has 15 heavy (non-hydrogen) atoms. The third-order valence-electron chi connectivity index (χ3n) is 2.27. The van der Waals surface area contributed by atoms with E-state index in [9.17, 15) is 0 Å². The zero-order valence-electron chi connectivity index (χ0n) is 9.65. The van der Waals surface area contributed by atoms with Gasteiger partial charge in [-0.05, 0) is 19.9 Å². The molecule has 0 unspecified atom stereocenters. The number of hydrogen-bond acceptors (Lipinski definition) is 3. The highest BCUT2D eigenvalue weighted by molar-refractivity contribution is 7.45. The molecule has 0 radical (unpaired) electrons. The normalized spacial score (nSPS) is 21.9. The van der Waals surface area contributed by atoms with Crippen LogP contribution in [-0.4, -0.2) is 22.8 Å². The van der Waals surface area contributed by atoms with Crippen molar-refractivity contribution in [1.29, 1.82) is 0 Å². The zero-order chi connectivity index (χ0) is 11.1. The molecule has 0 aromatic carbocycles. The molecule has 1 saturated heterocycles. The van der Waals surface area contributed by atoms with Gasteiger partial charge in [-0.15, -0.1) is 0 Å². The van der Waals surface area contributed by atoms with Crippen molar-refractivity contribution in [3.63, 3.8) is 0 Å². The lowest BCUT2D eigenvalue weighted by molar-refractivity contribution is 0.0575. The summed E-state index contributed by atoms with van der Waals surface area (Å²) in [5, 5.41) is 4.38. The molecule has 84 valence electrons. The molecule has 0 N–H and O–H groups in total. The summed E-state index contributed by atoms with van der Waals surface area (Å²) >= 11 is 0. The molecule has 1 aliphatic heterocycles. The molecule has 4 nitrogen and oxygen atoms in total. The average Bonchev–Trinajstić information content (AvgIpc) is 2.45. The van der Waals surface area contributed by atoms with Crippen molar-refractivity contribution >= 4 is 8.53 Å². The minimum Gasteiger partial charge on any atom is -0.316 e. The Labute approximate surface area is 91.5 Å². The quantitative estimate of drug-likeness (QED) is 0.693. The van der Waals surface area contributed by atoms with Gasteiger partial charge >= 0.3 is 8.53 Å². The van der Waals surface area contributed by atoms with Crippen LogP contribution in [0.2, 0.25) is 0 Å². The van der Waals surface area contributed by atoms with Crippen LogP contribution in [0.4, 0.5) is 0 Å². The standard InChI is InChI=1S/C10H17N2O2P/c1-8-5-9(2)12(11-8)15-13-6-10(3,4)7-14-15/h5H,6-7H2,1-4H3. The van der Waals surface area contributed by atoms with Crippen molar-refractivity contribution in [1.82, 2.24) is 9.55 Å². The Hall–Kier alpha value is -0.440. The molecule has 0 atom stereocenters. The molecule has 1 aromatic rings. The van der Waals surface area contributed by atoms with Crippen LogP contribution in [0.15, 0.2) is 6.07 Å². The minimum atomic E-state index is -1.02. The molecule has 5 heteroatoms. The van der Waals surface area contributed by atoms with E-state index in [2.05, 4.69) is 18.9 Å². The Morgan fingerprint density at radius 2 is 1.93 bits per heavy atom. The highest BCUT2D eigenvalue weighted by Crippen LogP contribution is 2.47. The maximum atomic E-state index is 5.72. The summed E-state index contributed by atoms with van der Waals surface area (Å²) in [5.74, 6) is 0. The molecule has 2 rings (SSSR count). The van der Waals surface area contributed by atoms with Crippen LogP contribution < -0.4 is 0 Å². The molecular formula is C10H17N2O2P. The van der Waals surface area contributed by atoms with E-state index in [0.29, 0.717) is 0 Å². The highest BCUT2D eigenvalue weighted by Gasteiger charge is 2.31. The summed E-state index contributed by atoms with van der Waals surface area (Å²) < 4.78 is 13.3. The van der Waals surface area contributed by atoms with Gasteiger partial charge in [-0.1, -0.05) is 13.8 Å². The third-order valence-corrected chi connectivity index (χ3v) is 3.69. The Morgan fingerprint density at radius 3 is 2.40 bits per heavy atom. The Kier molecular flexibility index (Phi) is 2.84. The molecule has 1 fully saturated rings. The van der Waals surface area contributed by atoms with Gasteiger partial charge < -0.3 is 9.05 Å². The molecule has 0 bridgehead atoms. The van der Waals surface area contributed by atoms with E-state index in [-0.39, 0.29) is 5.41 Å². The minimum absolute atomic E-state index is 0.120. The molecule has 1 aromatic heterocycles. The predicted octanol–water partition coefficient (Wildman–Crippen LogP) is 2.65. The van der Waals surface area contributed by atoms with Crippen molar-refractivity contribution in [3.05, 3.63) is 17.5 Å². The van der Waals surface area contributed by atoms with Crippen LogP contribution in [-0.2, 0) is 9.05 Å². The third kappa shape index (κ3) is 2.39. The van der Waals surface area contributed by atoms with Crippen LogP contribution in [0.5, 0.6) is 0 Å². The van der Waals surface area contributed by atoms with Gasteiger partial charge in [-0.25, -0.2) is 0 Å². The van der Waals surface area contributed by atoms with Crippen molar-refractivity contribution < 1.29 is 9.05 Å². The smallest absolute Gasteiger partial charge is 0.311 e. The number of aromatic nitrogens is 2. The van der Waals surface area contributed by atoms with Crippen LogP contribution in [0.25, 0.3) is 0 Å². The molecular weight excluding hydrogens is 211 g/mol. The fraction of sp³-hybridized carbons (Fsp3) is 0.700. The number of aryl methyl sites for hydroxylation is 2. The SMILES string of the molecule is Cc1cc(C)n(P2OCC(C)(C)CO2)n1. The summed E-state index contributed by atoms with van der Waals surface area (Å²) in [6.07, 6.45) is 0. The lowest BCUT2D eigenvalue weighted by atomic mass is 9.97. The van der Waals surface area contributed by atoms with E-state index in [1.165, 1.54) is 0 Å². The van der Waals surface area contributed by atoms with E-state index in [4.69, 9.17) is 9.05 Å². The van der Waals surface area contributed by atoms with Crippen molar-refractivity contribution in [2.24, 2.45) is 5.41 Å². The summed E-state index contributed by atoms with van der Waals surface area (Å²) in [4.78, 5) is 0. The van der Waals surface area contributed by atoms with E-state index in [1.807, 2.05) is 24.4 Å². The van der Waals surface area contributed by atoms with Gasteiger partial charge in [0, 0.05) is 11.1 Å². The van der Waals surface area contributed by atoms with E-state index >= 15 is 0 Å². The van der Waals surface area contributed by atoms with Crippen molar-refractivity contribution in [2.45, 2.75) is 27.7 Å². The van der Waals surface area contributed by atoms with Crippen LogP contribution in [0.1, 0.15) is 25.2 Å². The summed E-state index contributed by atoms with van der Waals surface area (Å²) in [7, 11) is -1.02. The van der Waals surface area contributed by atoms with Gasteiger partial charge in [0.05, 0.1) is 18.9 Å². The first-order valence-electron chi connectivity index (χ1n) is 5.07. The maximum absolute atomic E-state index is 5.72. The number of rotatable bonds is 1. The second-order valence-electron chi connectivity index (χ2n) is 4.77. The highest BCUT2D eigenvalue weighted by atomic mass is 31.2. The predicted molar refractivity (Wildman–Crippen MR) is 59.7 cm³/mol. The second-order valence-corrected chi connectivity index (χ2v) is 6.14. The van der Waals surface area contributed by atoms with Gasteiger partial charge in [0.25, 0.3) is 0 Å². The monoisotopic (exact) mass is 228 g/mol.